The van der Waals surface area contributed by atoms with E-state index < -0.39 is 10.7 Å². The van der Waals surface area contributed by atoms with E-state index in [1.54, 1.807) is 27.5 Å². The van der Waals surface area contributed by atoms with Gasteiger partial charge in [0, 0.05) is 25.2 Å². The third-order valence-electron chi connectivity index (χ3n) is 2.63. The molecule has 0 unspecified atom stereocenters. The Balaban J connectivity index is 3.26. The Kier molecular flexibility index (Phi) is 6.13. The summed E-state index contributed by atoms with van der Waals surface area (Å²) in [6, 6.07) is 4.42. The van der Waals surface area contributed by atoms with Crippen LogP contribution >= 0.6 is 22.6 Å². The number of nitro benzene ring substituents is 1. The highest BCUT2D eigenvalue weighted by Crippen LogP contribution is 2.32. The van der Waals surface area contributed by atoms with E-state index in [-0.39, 0.29) is 27.3 Å². The van der Waals surface area contributed by atoms with Crippen molar-refractivity contribution in [1.29, 1.82) is 5.26 Å². The van der Waals surface area contributed by atoms with Crippen molar-refractivity contribution in [3.05, 3.63) is 31.6 Å². The standard InChI is InChI=1S/C13H15FIN3O2/c1-9(2)8-17(5-3-4-16)12-6-10(14)11(15)7-13(12)18(19)20/h6-7,9H,3,5,8H2,1-2H3. The van der Waals surface area contributed by atoms with Crippen LogP contribution in [0.5, 0.6) is 0 Å². The summed E-state index contributed by atoms with van der Waals surface area (Å²) in [5.41, 5.74) is 0.103. The van der Waals surface area contributed by atoms with E-state index in [2.05, 4.69) is 0 Å². The Bertz CT molecular complexity index is 543. The van der Waals surface area contributed by atoms with Gasteiger partial charge in [-0.05, 0) is 28.5 Å². The summed E-state index contributed by atoms with van der Waals surface area (Å²) in [7, 11) is 0. The minimum Gasteiger partial charge on any atom is -0.365 e. The molecule has 5 nitrogen and oxygen atoms in total. The zero-order valence-electron chi connectivity index (χ0n) is 11.3. The lowest BCUT2D eigenvalue weighted by molar-refractivity contribution is -0.384. The van der Waals surface area contributed by atoms with Gasteiger partial charge in [-0.25, -0.2) is 4.39 Å². The molecule has 0 atom stereocenters. The quantitative estimate of drug-likeness (QED) is 0.421. The molecule has 0 heterocycles. The molecule has 1 aromatic carbocycles. The second-order valence-corrected chi connectivity index (χ2v) is 5.92. The lowest BCUT2D eigenvalue weighted by atomic mass is 10.1. The molecule has 20 heavy (non-hydrogen) atoms. The summed E-state index contributed by atoms with van der Waals surface area (Å²) >= 11 is 1.73. The number of hydrogen-bond donors (Lipinski definition) is 0. The molecule has 108 valence electrons. The van der Waals surface area contributed by atoms with Gasteiger partial charge in [-0.1, -0.05) is 13.8 Å². The molecule has 0 spiro atoms. The minimum atomic E-state index is -0.517. The number of nitriles is 1. The van der Waals surface area contributed by atoms with Crippen molar-refractivity contribution in [1.82, 2.24) is 0 Å². The minimum absolute atomic E-state index is 0.130. The molecule has 0 saturated heterocycles. The van der Waals surface area contributed by atoms with Crippen LogP contribution in [0.1, 0.15) is 20.3 Å². The first-order valence-electron chi connectivity index (χ1n) is 6.12. The van der Waals surface area contributed by atoms with Crippen LogP contribution in [0.3, 0.4) is 0 Å². The van der Waals surface area contributed by atoms with Crippen LogP contribution in [0.4, 0.5) is 15.8 Å². The molecule has 0 aliphatic carbocycles. The molecule has 1 rings (SSSR count). The van der Waals surface area contributed by atoms with Crippen LogP contribution < -0.4 is 4.90 Å². The maximum Gasteiger partial charge on any atom is 0.293 e. The Labute approximate surface area is 130 Å². The van der Waals surface area contributed by atoms with E-state index in [0.717, 1.165) is 0 Å². The number of nitrogens with zero attached hydrogens (tertiary/aromatic N) is 3. The fourth-order valence-corrected chi connectivity index (χ4v) is 2.31. The maximum atomic E-state index is 13.7. The molecule has 0 aliphatic heterocycles. The van der Waals surface area contributed by atoms with Crippen LogP contribution in [0, 0.1) is 36.8 Å². The number of benzene rings is 1. The van der Waals surface area contributed by atoms with Crippen molar-refractivity contribution in [3.63, 3.8) is 0 Å². The Morgan fingerprint density at radius 1 is 1.55 bits per heavy atom. The zero-order chi connectivity index (χ0) is 15.3. The molecular weight excluding hydrogens is 376 g/mol. The van der Waals surface area contributed by atoms with Crippen molar-refractivity contribution in [3.8, 4) is 6.07 Å². The van der Waals surface area contributed by atoms with E-state index in [0.29, 0.717) is 13.1 Å². The lowest BCUT2D eigenvalue weighted by Gasteiger charge is -2.25. The van der Waals surface area contributed by atoms with Crippen molar-refractivity contribution in [2.24, 2.45) is 5.92 Å². The van der Waals surface area contributed by atoms with Crippen LogP contribution in [-0.4, -0.2) is 18.0 Å². The third kappa shape index (κ3) is 4.30. The second-order valence-electron chi connectivity index (χ2n) is 4.76. The van der Waals surface area contributed by atoms with Crippen LogP contribution in [0.2, 0.25) is 0 Å². The smallest absolute Gasteiger partial charge is 0.293 e. The van der Waals surface area contributed by atoms with Gasteiger partial charge in [0.2, 0.25) is 0 Å². The van der Waals surface area contributed by atoms with E-state index in [1.165, 1.54) is 12.1 Å². The van der Waals surface area contributed by atoms with Gasteiger partial charge in [-0.15, -0.1) is 0 Å². The zero-order valence-corrected chi connectivity index (χ0v) is 13.4. The van der Waals surface area contributed by atoms with Gasteiger partial charge in [-0.3, -0.25) is 10.1 Å². The van der Waals surface area contributed by atoms with Crippen molar-refractivity contribution in [2.45, 2.75) is 20.3 Å². The fourth-order valence-electron chi connectivity index (χ4n) is 1.86. The maximum absolute atomic E-state index is 13.7. The predicted octanol–water partition coefficient (Wildman–Crippen LogP) is 3.71. The first-order chi connectivity index (χ1) is 9.36. The van der Waals surface area contributed by atoms with E-state index in [1.807, 2.05) is 19.9 Å². The van der Waals surface area contributed by atoms with E-state index in [4.69, 9.17) is 5.26 Å². The average Bonchev–Trinajstić information content (AvgIpc) is 2.36. The summed E-state index contributed by atoms with van der Waals surface area (Å²) in [6.45, 7) is 4.81. The Morgan fingerprint density at radius 2 is 2.20 bits per heavy atom. The molecule has 0 bridgehead atoms. The van der Waals surface area contributed by atoms with Crippen LogP contribution in [0.25, 0.3) is 0 Å². The predicted molar refractivity (Wildman–Crippen MR) is 83.1 cm³/mol. The summed E-state index contributed by atoms with van der Waals surface area (Å²) in [6.07, 6.45) is 0.234. The number of halogens is 2. The highest BCUT2D eigenvalue weighted by molar-refractivity contribution is 14.1. The SMILES string of the molecule is CC(C)CN(CCC#N)c1cc(F)c(I)cc1[N+](=O)[O-]. The highest BCUT2D eigenvalue weighted by atomic mass is 127. The number of anilines is 1. The van der Waals surface area contributed by atoms with Crippen LogP contribution in [0.15, 0.2) is 12.1 Å². The molecular formula is C13H15FIN3O2. The second kappa shape index (κ2) is 7.38. The lowest BCUT2D eigenvalue weighted by Crippen LogP contribution is -2.29. The summed E-state index contributed by atoms with van der Waals surface area (Å²) in [5, 5.41) is 19.8. The van der Waals surface area contributed by atoms with E-state index in [9.17, 15) is 14.5 Å². The van der Waals surface area contributed by atoms with Gasteiger partial charge in [0.05, 0.1) is 21.0 Å². The Hall–Kier alpha value is -1.43. The largest absolute Gasteiger partial charge is 0.365 e. The number of rotatable bonds is 6. The molecule has 0 amide bonds. The van der Waals surface area contributed by atoms with Crippen LogP contribution in [-0.2, 0) is 0 Å². The summed E-state index contributed by atoms with van der Waals surface area (Å²) in [5.74, 6) is -0.243. The van der Waals surface area contributed by atoms with E-state index >= 15 is 0 Å². The van der Waals surface area contributed by atoms with Gasteiger partial charge in [-0.2, -0.15) is 5.26 Å². The molecule has 7 heteroatoms. The van der Waals surface area contributed by atoms with Crippen molar-refractivity contribution >= 4 is 34.0 Å². The summed E-state index contributed by atoms with van der Waals surface area (Å²) < 4.78 is 13.9. The molecule has 1 aromatic rings. The normalized spacial score (nSPS) is 10.4. The monoisotopic (exact) mass is 391 g/mol. The molecule has 0 aliphatic rings. The summed E-state index contributed by atoms with van der Waals surface area (Å²) in [4.78, 5) is 12.3. The van der Waals surface area contributed by atoms with Crippen molar-refractivity contribution < 1.29 is 9.31 Å². The van der Waals surface area contributed by atoms with Crippen molar-refractivity contribution in [2.75, 3.05) is 18.0 Å². The number of nitro groups is 1. The molecule has 0 radical (unpaired) electrons. The first-order valence-corrected chi connectivity index (χ1v) is 7.20. The molecule has 0 aromatic heterocycles. The molecule has 0 fully saturated rings. The molecule has 0 N–H and O–H groups in total. The fraction of sp³-hybridized carbons (Fsp3) is 0.462. The van der Waals surface area contributed by atoms with Gasteiger partial charge in [0.25, 0.3) is 5.69 Å². The average molecular weight is 391 g/mol. The Morgan fingerprint density at radius 3 is 2.70 bits per heavy atom. The van der Waals surface area contributed by atoms with Gasteiger partial charge in [0.15, 0.2) is 0 Å². The first kappa shape index (κ1) is 16.6. The number of hydrogen-bond acceptors (Lipinski definition) is 4. The van der Waals surface area contributed by atoms with Gasteiger partial charge in [0.1, 0.15) is 11.5 Å². The topological polar surface area (TPSA) is 70.2 Å². The van der Waals surface area contributed by atoms with Gasteiger partial charge >= 0.3 is 0 Å². The van der Waals surface area contributed by atoms with Gasteiger partial charge < -0.3 is 4.90 Å². The third-order valence-corrected chi connectivity index (χ3v) is 3.46. The molecule has 0 saturated carbocycles. The highest BCUT2D eigenvalue weighted by Gasteiger charge is 2.22.